The summed E-state index contributed by atoms with van der Waals surface area (Å²) in [5, 5.41) is 11.5. The minimum Gasteiger partial charge on any atom is -0.481 e. The van der Waals surface area contributed by atoms with Gasteiger partial charge in [0.05, 0.1) is 6.42 Å². The van der Waals surface area contributed by atoms with Crippen LogP contribution in [0.3, 0.4) is 0 Å². The Balaban J connectivity index is 1.86. The van der Waals surface area contributed by atoms with Gasteiger partial charge >= 0.3 is 5.97 Å². The number of benzene rings is 1. The van der Waals surface area contributed by atoms with Crippen molar-refractivity contribution in [1.29, 1.82) is 0 Å². The first-order valence-corrected chi connectivity index (χ1v) is 9.04. The second kappa shape index (κ2) is 8.73. The topological polar surface area (TPSA) is 86.7 Å². The number of carbonyl (C=O) groups excluding carboxylic acids is 2. The monoisotopic (exact) mass is 350 g/mol. The number of likely N-dealkylation sites (tertiary alicyclic amines) is 1. The first-order valence-electron chi connectivity index (χ1n) is 7.89. The summed E-state index contributed by atoms with van der Waals surface area (Å²) in [6, 6.07) is 7.52. The summed E-state index contributed by atoms with van der Waals surface area (Å²) in [7, 11) is 1.75. The first-order chi connectivity index (χ1) is 11.5. The summed E-state index contributed by atoms with van der Waals surface area (Å²) >= 11 is 1.55. The lowest BCUT2D eigenvalue weighted by Crippen LogP contribution is -2.39. The van der Waals surface area contributed by atoms with Crippen molar-refractivity contribution in [2.75, 3.05) is 24.7 Å². The maximum atomic E-state index is 12.3. The fourth-order valence-electron chi connectivity index (χ4n) is 2.50. The highest BCUT2D eigenvalue weighted by Gasteiger charge is 2.28. The standard InChI is InChI=1S/C17H22N2O4S/c1-19-7-5-13(10-15(19)20)17(23)18-14-4-2-3-12(9-14)11-24-8-6-16(21)22/h2-4,9,13H,5-8,10-11H2,1H3,(H,18,23)(H,21,22). The Bertz CT molecular complexity index is 620. The van der Waals surface area contributed by atoms with E-state index in [2.05, 4.69) is 5.32 Å². The summed E-state index contributed by atoms with van der Waals surface area (Å²) in [5.74, 6) is 0.0726. The Morgan fingerprint density at radius 2 is 2.21 bits per heavy atom. The van der Waals surface area contributed by atoms with Crippen molar-refractivity contribution in [2.45, 2.75) is 25.0 Å². The molecule has 0 spiro atoms. The van der Waals surface area contributed by atoms with E-state index < -0.39 is 5.97 Å². The molecule has 2 rings (SSSR count). The van der Waals surface area contributed by atoms with Gasteiger partial charge in [0.25, 0.3) is 0 Å². The van der Waals surface area contributed by atoms with Crippen LogP contribution in [0.15, 0.2) is 24.3 Å². The number of nitrogens with zero attached hydrogens (tertiary/aromatic N) is 1. The highest BCUT2D eigenvalue weighted by Crippen LogP contribution is 2.21. The van der Waals surface area contributed by atoms with Crippen molar-refractivity contribution in [3.8, 4) is 0 Å². The number of carbonyl (C=O) groups is 3. The van der Waals surface area contributed by atoms with Gasteiger partial charge in [-0.05, 0) is 24.1 Å². The average Bonchev–Trinajstić information content (AvgIpc) is 2.54. The Morgan fingerprint density at radius 1 is 1.42 bits per heavy atom. The summed E-state index contributed by atoms with van der Waals surface area (Å²) in [4.78, 5) is 36.2. The Morgan fingerprint density at radius 3 is 2.92 bits per heavy atom. The van der Waals surface area contributed by atoms with Crippen LogP contribution < -0.4 is 5.32 Å². The molecule has 0 bridgehead atoms. The normalized spacial score (nSPS) is 17.6. The van der Waals surface area contributed by atoms with E-state index in [1.807, 2.05) is 24.3 Å². The molecule has 1 fully saturated rings. The molecule has 0 aliphatic carbocycles. The molecule has 1 aromatic rings. The zero-order valence-electron chi connectivity index (χ0n) is 13.7. The minimum atomic E-state index is -0.795. The van der Waals surface area contributed by atoms with Crippen LogP contribution in [0.25, 0.3) is 0 Å². The highest BCUT2D eigenvalue weighted by molar-refractivity contribution is 7.98. The van der Waals surface area contributed by atoms with E-state index in [9.17, 15) is 14.4 Å². The number of rotatable bonds is 7. The van der Waals surface area contributed by atoms with Crippen molar-refractivity contribution in [1.82, 2.24) is 4.90 Å². The zero-order valence-corrected chi connectivity index (χ0v) is 14.5. The van der Waals surface area contributed by atoms with Crippen molar-refractivity contribution < 1.29 is 19.5 Å². The van der Waals surface area contributed by atoms with Gasteiger partial charge in [0.15, 0.2) is 0 Å². The molecule has 6 nitrogen and oxygen atoms in total. The molecule has 1 aliphatic heterocycles. The van der Waals surface area contributed by atoms with E-state index in [-0.39, 0.29) is 30.6 Å². The van der Waals surface area contributed by atoms with Crippen LogP contribution in [0.2, 0.25) is 0 Å². The van der Waals surface area contributed by atoms with Crippen LogP contribution >= 0.6 is 11.8 Å². The van der Waals surface area contributed by atoms with Gasteiger partial charge in [0, 0.05) is 43.1 Å². The third-order valence-corrected chi connectivity index (χ3v) is 4.98. The molecule has 24 heavy (non-hydrogen) atoms. The smallest absolute Gasteiger partial charge is 0.304 e. The molecule has 2 amide bonds. The molecule has 2 N–H and O–H groups in total. The molecule has 1 unspecified atom stereocenters. The third-order valence-electron chi connectivity index (χ3n) is 3.95. The Labute approximate surface area is 145 Å². The number of amides is 2. The molecule has 1 heterocycles. The summed E-state index contributed by atoms with van der Waals surface area (Å²) in [6.07, 6.45) is 1.08. The molecule has 1 aliphatic rings. The zero-order chi connectivity index (χ0) is 17.5. The molecule has 1 aromatic carbocycles. The first kappa shape index (κ1) is 18.3. The molecule has 0 saturated carbocycles. The number of thioether (sulfide) groups is 1. The van der Waals surface area contributed by atoms with Gasteiger partial charge in [-0.1, -0.05) is 12.1 Å². The highest BCUT2D eigenvalue weighted by atomic mass is 32.2. The predicted octanol–water partition coefficient (Wildman–Crippen LogP) is 2.20. The number of hydrogen-bond acceptors (Lipinski definition) is 4. The number of hydrogen-bond donors (Lipinski definition) is 2. The molecule has 1 saturated heterocycles. The van der Waals surface area contributed by atoms with Crippen LogP contribution in [0, 0.1) is 5.92 Å². The van der Waals surface area contributed by atoms with Gasteiger partial charge in [-0.15, -0.1) is 0 Å². The van der Waals surface area contributed by atoms with Gasteiger partial charge in [0.2, 0.25) is 11.8 Å². The van der Waals surface area contributed by atoms with Crippen LogP contribution in [-0.4, -0.2) is 47.1 Å². The van der Waals surface area contributed by atoms with Crippen molar-refractivity contribution >= 4 is 35.2 Å². The quantitative estimate of drug-likeness (QED) is 0.736. The van der Waals surface area contributed by atoms with Gasteiger partial charge < -0.3 is 15.3 Å². The van der Waals surface area contributed by atoms with E-state index in [0.29, 0.717) is 30.2 Å². The van der Waals surface area contributed by atoms with E-state index in [1.54, 1.807) is 23.7 Å². The van der Waals surface area contributed by atoms with E-state index >= 15 is 0 Å². The molecule has 0 aromatic heterocycles. The molecule has 130 valence electrons. The molecule has 0 radical (unpaired) electrons. The largest absolute Gasteiger partial charge is 0.481 e. The number of nitrogens with one attached hydrogen (secondary N) is 1. The van der Waals surface area contributed by atoms with Gasteiger partial charge in [-0.25, -0.2) is 0 Å². The molecule has 7 heteroatoms. The third kappa shape index (κ3) is 5.56. The fourth-order valence-corrected chi connectivity index (χ4v) is 3.38. The molecule has 1 atom stereocenters. The van der Waals surface area contributed by atoms with Crippen LogP contribution in [0.4, 0.5) is 5.69 Å². The number of aliphatic carboxylic acids is 1. The van der Waals surface area contributed by atoms with E-state index in [0.717, 1.165) is 5.56 Å². The van der Waals surface area contributed by atoms with Crippen molar-refractivity contribution in [3.63, 3.8) is 0 Å². The second-order valence-corrected chi connectivity index (χ2v) is 7.00. The van der Waals surface area contributed by atoms with Crippen LogP contribution in [-0.2, 0) is 20.1 Å². The summed E-state index contributed by atoms with van der Waals surface area (Å²) in [6.45, 7) is 0.608. The van der Waals surface area contributed by atoms with Gasteiger partial charge in [-0.2, -0.15) is 11.8 Å². The summed E-state index contributed by atoms with van der Waals surface area (Å²) < 4.78 is 0. The lowest BCUT2D eigenvalue weighted by molar-refractivity contribution is -0.137. The maximum absolute atomic E-state index is 12.3. The van der Waals surface area contributed by atoms with Gasteiger partial charge in [0.1, 0.15) is 0 Å². The van der Waals surface area contributed by atoms with Crippen LogP contribution in [0.5, 0.6) is 0 Å². The lowest BCUT2D eigenvalue weighted by Gasteiger charge is -2.27. The lowest BCUT2D eigenvalue weighted by atomic mass is 9.95. The van der Waals surface area contributed by atoms with E-state index in [1.165, 1.54) is 0 Å². The predicted molar refractivity (Wildman–Crippen MR) is 93.8 cm³/mol. The van der Waals surface area contributed by atoms with Gasteiger partial charge in [-0.3, -0.25) is 14.4 Å². The van der Waals surface area contributed by atoms with Crippen molar-refractivity contribution in [2.24, 2.45) is 5.92 Å². The minimum absolute atomic E-state index is 0.00461. The van der Waals surface area contributed by atoms with Crippen molar-refractivity contribution in [3.05, 3.63) is 29.8 Å². The summed E-state index contributed by atoms with van der Waals surface area (Å²) in [5.41, 5.74) is 1.74. The number of carboxylic acids is 1. The SMILES string of the molecule is CN1CCC(C(=O)Nc2cccc(CSCCC(=O)O)c2)CC1=O. The average molecular weight is 350 g/mol. The molecular weight excluding hydrogens is 328 g/mol. The van der Waals surface area contributed by atoms with Crippen LogP contribution in [0.1, 0.15) is 24.8 Å². The fraction of sp³-hybridized carbons (Fsp3) is 0.471. The number of piperidine rings is 1. The second-order valence-electron chi connectivity index (χ2n) is 5.89. The maximum Gasteiger partial charge on any atom is 0.304 e. The Kier molecular flexibility index (Phi) is 6.66. The van der Waals surface area contributed by atoms with E-state index in [4.69, 9.17) is 5.11 Å². The Hall–Kier alpha value is -2.02. The molecular formula is C17H22N2O4S. The number of carboxylic acid groups (broad SMARTS) is 1. The number of anilines is 1.